The Hall–Kier alpha value is -9.12. The first kappa shape index (κ1) is 43.3. The quantitative estimate of drug-likeness (QED) is 0.165. The summed E-state index contributed by atoms with van der Waals surface area (Å²) in [5.74, 6) is 0.435. The molecular formula is C72H52N2O2. The molecule has 0 atom stereocenters. The van der Waals surface area contributed by atoms with Crippen molar-refractivity contribution in [2.24, 2.45) is 0 Å². The highest BCUT2D eigenvalue weighted by atomic mass is 16.3. The lowest BCUT2D eigenvalue weighted by molar-refractivity contribution is 0.670. The SMILES string of the molecule is Cc1ccc2cc1N(c1cc(C(C)C)c3ccc4c(N5c6cc(ccc6C)-c6ccccc6-c6cccc7c6oc6c5cccc67)cc(C(C)C)c5ccc1c3c54)c1cccc3c1oc1c(cccc13)-c1ccccc1-2. The highest BCUT2D eigenvalue weighted by Crippen LogP contribution is 2.56. The molecule has 0 saturated heterocycles. The molecule has 362 valence electrons. The molecule has 14 aromatic rings. The minimum atomic E-state index is 0.218. The Morgan fingerprint density at radius 1 is 0.289 bits per heavy atom. The number of furan rings is 2. The van der Waals surface area contributed by atoms with Gasteiger partial charge in [0.25, 0.3) is 0 Å². The summed E-state index contributed by atoms with van der Waals surface area (Å²) in [6.07, 6.45) is 0. The standard InChI is InChI=1S/C72H52N2O2/c1-39(2)59-37-65(73-61-25-13-23-55-53-21-11-19-51(69(53)75-71(55)61)47-17-9-7-15-45(47)43-29-27-41(5)63(73)35-43)57-34-32-50-60(40(3)4)38-66(58-33-31-49(59)67(57)68(50)58)74-62-26-14-24-56-54-22-12-20-52(70(54)76-72(56)62)48-18-10-8-16-46(48)44-30-28-42(6)64(74)36-44/h7-40H,1-6H3. The van der Waals surface area contributed by atoms with E-state index in [0.29, 0.717) is 0 Å². The van der Waals surface area contributed by atoms with Gasteiger partial charge in [-0.25, -0.2) is 0 Å². The Kier molecular flexibility index (Phi) is 8.95. The third-order valence-electron chi connectivity index (χ3n) is 17.1. The number of nitrogens with zero attached hydrogens (tertiary/aromatic N) is 2. The predicted octanol–water partition coefficient (Wildman–Crippen LogP) is 21.5. The second-order valence-electron chi connectivity index (χ2n) is 22.0. The fourth-order valence-electron chi connectivity index (χ4n) is 13.5. The number of hydrogen-bond acceptors (Lipinski definition) is 4. The lowest BCUT2D eigenvalue weighted by atomic mass is 9.83. The van der Waals surface area contributed by atoms with Gasteiger partial charge in [0.15, 0.2) is 11.2 Å². The normalized spacial score (nSPS) is 13.1. The lowest BCUT2D eigenvalue weighted by Gasteiger charge is -2.32. The highest BCUT2D eigenvalue weighted by Gasteiger charge is 2.31. The first-order valence-electron chi connectivity index (χ1n) is 26.9. The molecule has 12 aromatic carbocycles. The molecule has 4 nitrogen and oxygen atoms in total. The van der Waals surface area contributed by atoms with Crippen LogP contribution in [0.5, 0.6) is 0 Å². The van der Waals surface area contributed by atoms with Gasteiger partial charge in [-0.15, -0.1) is 0 Å². The first-order chi connectivity index (χ1) is 37.2. The Morgan fingerprint density at radius 3 is 1.08 bits per heavy atom. The van der Waals surface area contributed by atoms with Gasteiger partial charge in [0.05, 0.1) is 22.7 Å². The summed E-state index contributed by atoms with van der Waals surface area (Å²) >= 11 is 0. The van der Waals surface area contributed by atoms with Crippen molar-refractivity contribution >= 4 is 110 Å². The monoisotopic (exact) mass is 976 g/mol. The molecule has 0 amide bonds. The smallest absolute Gasteiger partial charge is 0.159 e. The number of anilines is 6. The Balaban J connectivity index is 1.05. The van der Waals surface area contributed by atoms with E-state index in [9.17, 15) is 0 Å². The van der Waals surface area contributed by atoms with Crippen LogP contribution in [0.2, 0.25) is 0 Å². The second kappa shape index (κ2) is 15.7. The van der Waals surface area contributed by atoms with Crippen LogP contribution >= 0.6 is 0 Å². The number of rotatable bonds is 4. The maximum Gasteiger partial charge on any atom is 0.159 e. The van der Waals surface area contributed by atoms with Crippen molar-refractivity contribution in [3.05, 3.63) is 216 Å². The average molecular weight is 977 g/mol. The van der Waals surface area contributed by atoms with Crippen LogP contribution in [0.25, 0.3) is 121 Å². The van der Waals surface area contributed by atoms with E-state index in [-0.39, 0.29) is 11.8 Å². The van der Waals surface area contributed by atoms with Crippen molar-refractivity contribution in [2.75, 3.05) is 9.80 Å². The van der Waals surface area contributed by atoms with Crippen LogP contribution in [0.3, 0.4) is 0 Å². The molecule has 2 aliphatic heterocycles. The van der Waals surface area contributed by atoms with Crippen molar-refractivity contribution in [3.8, 4) is 44.5 Å². The van der Waals surface area contributed by atoms with E-state index >= 15 is 0 Å². The van der Waals surface area contributed by atoms with E-state index < -0.39 is 0 Å². The van der Waals surface area contributed by atoms with E-state index in [1.54, 1.807) is 0 Å². The second-order valence-corrected chi connectivity index (χ2v) is 22.0. The van der Waals surface area contributed by atoms with Gasteiger partial charge >= 0.3 is 0 Å². The number of benzene rings is 12. The molecule has 0 N–H and O–H groups in total. The van der Waals surface area contributed by atoms with Gasteiger partial charge in [-0.1, -0.05) is 185 Å². The van der Waals surface area contributed by atoms with E-state index in [0.717, 1.165) is 100 Å². The first-order valence-corrected chi connectivity index (χ1v) is 26.9. The molecule has 4 heteroatoms. The predicted molar refractivity (Wildman–Crippen MR) is 321 cm³/mol. The third-order valence-corrected chi connectivity index (χ3v) is 17.1. The summed E-state index contributed by atoms with van der Waals surface area (Å²) in [5, 5.41) is 11.9. The molecule has 2 aromatic heterocycles. The molecule has 0 spiro atoms. The minimum absolute atomic E-state index is 0.218. The third kappa shape index (κ3) is 5.84. The molecule has 76 heavy (non-hydrogen) atoms. The summed E-state index contributed by atoms with van der Waals surface area (Å²) < 4.78 is 14.6. The zero-order valence-electron chi connectivity index (χ0n) is 43.3. The van der Waals surface area contributed by atoms with Crippen LogP contribution in [0.15, 0.2) is 203 Å². The molecule has 2 aliphatic rings. The maximum absolute atomic E-state index is 7.29. The van der Waals surface area contributed by atoms with Crippen molar-refractivity contribution in [3.63, 3.8) is 0 Å². The zero-order chi connectivity index (χ0) is 50.8. The van der Waals surface area contributed by atoms with E-state index in [2.05, 4.69) is 245 Å². The Labute approximate surface area is 441 Å². The Morgan fingerprint density at radius 2 is 0.658 bits per heavy atom. The molecule has 0 fully saturated rings. The highest BCUT2D eigenvalue weighted by molar-refractivity contribution is 6.30. The van der Waals surface area contributed by atoms with Crippen LogP contribution < -0.4 is 9.80 Å². The van der Waals surface area contributed by atoms with Gasteiger partial charge in [-0.3, -0.25) is 0 Å². The molecule has 0 aliphatic carbocycles. The van der Waals surface area contributed by atoms with Crippen molar-refractivity contribution in [1.29, 1.82) is 0 Å². The van der Waals surface area contributed by atoms with Gasteiger partial charge < -0.3 is 18.6 Å². The Bertz CT molecular complexity index is 4510. The number of aryl methyl sites for hydroxylation is 2. The lowest BCUT2D eigenvalue weighted by Crippen LogP contribution is -2.14. The van der Waals surface area contributed by atoms with E-state index in [4.69, 9.17) is 8.83 Å². The summed E-state index contributed by atoms with van der Waals surface area (Å²) in [6.45, 7) is 13.9. The van der Waals surface area contributed by atoms with Crippen molar-refractivity contribution in [1.82, 2.24) is 0 Å². The fraction of sp³-hybridized carbons (Fsp3) is 0.111. The van der Waals surface area contributed by atoms with Gasteiger partial charge in [0.2, 0.25) is 0 Å². The van der Waals surface area contributed by atoms with Crippen molar-refractivity contribution < 1.29 is 8.83 Å². The van der Waals surface area contributed by atoms with Crippen LogP contribution in [0, 0.1) is 13.8 Å². The molecule has 16 rings (SSSR count). The summed E-state index contributed by atoms with van der Waals surface area (Å²) in [7, 11) is 0. The number of hydrogen-bond donors (Lipinski definition) is 0. The van der Waals surface area contributed by atoms with Crippen LogP contribution in [0.1, 0.15) is 61.8 Å². The maximum atomic E-state index is 7.29. The summed E-state index contributed by atoms with van der Waals surface area (Å²) in [6, 6.07) is 72.8. The van der Waals surface area contributed by atoms with Gasteiger partial charge in [-0.05, 0) is 139 Å². The van der Waals surface area contributed by atoms with Crippen molar-refractivity contribution in [2.45, 2.75) is 53.4 Å². The van der Waals surface area contributed by atoms with Gasteiger partial charge in [0.1, 0.15) is 11.2 Å². The molecule has 0 radical (unpaired) electrons. The summed E-state index contributed by atoms with van der Waals surface area (Å²) in [4.78, 5) is 5.05. The molecule has 4 heterocycles. The van der Waals surface area contributed by atoms with Crippen LogP contribution in [-0.2, 0) is 0 Å². The number of para-hydroxylation sites is 4. The minimum Gasteiger partial charge on any atom is -0.453 e. The fourth-order valence-corrected chi connectivity index (χ4v) is 13.5. The molecule has 0 unspecified atom stereocenters. The van der Waals surface area contributed by atoms with Crippen LogP contribution in [-0.4, -0.2) is 0 Å². The molecule has 8 bridgehead atoms. The molecular weight excluding hydrogens is 925 g/mol. The number of fused-ring (bicyclic) bond motifs is 12. The van der Waals surface area contributed by atoms with E-state index in [1.807, 2.05) is 0 Å². The van der Waals surface area contributed by atoms with E-state index in [1.165, 1.54) is 76.8 Å². The largest absolute Gasteiger partial charge is 0.453 e. The zero-order valence-corrected chi connectivity index (χ0v) is 43.3. The van der Waals surface area contributed by atoms with Crippen LogP contribution in [0.4, 0.5) is 34.1 Å². The van der Waals surface area contributed by atoms with Gasteiger partial charge in [0, 0.05) is 54.8 Å². The van der Waals surface area contributed by atoms with Gasteiger partial charge in [-0.2, -0.15) is 0 Å². The average Bonchev–Trinajstić information content (AvgIpc) is 4.17. The topological polar surface area (TPSA) is 32.8 Å². The molecule has 0 saturated carbocycles. The summed E-state index contributed by atoms with van der Waals surface area (Å²) in [5.41, 5.74) is 24.3.